The molecule has 0 spiro atoms. The topological polar surface area (TPSA) is 142 Å². The molecule has 0 saturated heterocycles. The van der Waals surface area contributed by atoms with Crippen molar-refractivity contribution in [2.45, 2.75) is 30.9 Å². The van der Waals surface area contributed by atoms with E-state index in [1.807, 2.05) is 12.1 Å². The van der Waals surface area contributed by atoms with Crippen molar-refractivity contribution >= 4 is 45.9 Å². The van der Waals surface area contributed by atoms with Gasteiger partial charge < -0.3 is 35.6 Å². The number of carbonyl (C=O) groups excluding carboxylic acids is 2. The fourth-order valence-electron chi connectivity index (χ4n) is 2.37. The Morgan fingerprint density at radius 2 is 1.96 bits per heavy atom. The van der Waals surface area contributed by atoms with E-state index in [1.54, 1.807) is 18.3 Å². The average Bonchev–Trinajstić information content (AvgIpc) is 2.87. The van der Waals surface area contributed by atoms with Crippen LogP contribution in [-0.2, 0) is 16.0 Å². The number of benzene rings is 1. The molecule has 0 aliphatic carbocycles. The predicted octanol–water partition coefficient (Wildman–Crippen LogP) is -2.33. The van der Waals surface area contributed by atoms with Crippen molar-refractivity contribution in [1.82, 2.24) is 4.98 Å². The van der Waals surface area contributed by atoms with Crippen LogP contribution in [0.15, 0.2) is 30.5 Å². The maximum atomic E-state index is 11.3. The summed E-state index contributed by atoms with van der Waals surface area (Å²) in [5.74, 6) is -3.16. The Bertz CT molecular complexity index is 702. The number of carbonyl (C=O) groups is 2. The van der Waals surface area contributed by atoms with Crippen LogP contribution in [0.5, 0.6) is 0 Å². The summed E-state index contributed by atoms with van der Waals surface area (Å²) in [5.41, 5.74) is 4.51. The summed E-state index contributed by atoms with van der Waals surface area (Å²) in [5, 5.41) is 33.0. The number of H-pyrrole nitrogens is 1. The minimum absolute atomic E-state index is 0. The number of rotatable bonds is 7. The third kappa shape index (κ3) is 4.44. The Labute approximate surface area is 148 Å². The smallest absolute Gasteiger partial charge is 0.548 e. The van der Waals surface area contributed by atoms with Crippen LogP contribution >= 0.6 is 0 Å². The second-order valence-corrected chi connectivity index (χ2v) is 5.32. The zero-order valence-corrected chi connectivity index (χ0v) is 13.9. The zero-order chi connectivity index (χ0) is 16.3. The van der Waals surface area contributed by atoms with E-state index in [2.05, 4.69) is 4.98 Å². The van der Waals surface area contributed by atoms with Crippen molar-refractivity contribution < 1.29 is 24.9 Å². The largest absolute Gasteiger partial charge is 2.00 e. The van der Waals surface area contributed by atoms with E-state index in [1.165, 1.54) is 0 Å². The molecule has 0 aliphatic rings. The molecule has 7 nitrogen and oxygen atoms in total. The van der Waals surface area contributed by atoms with E-state index in [9.17, 15) is 24.9 Å². The molecule has 2 atom stereocenters. The van der Waals surface area contributed by atoms with Crippen LogP contribution in [0.3, 0.4) is 0 Å². The first kappa shape index (κ1) is 19.4. The number of nitrogens with one attached hydrogen (secondary N) is 1. The van der Waals surface area contributed by atoms with E-state index in [4.69, 9.17) is 5.73 Å². The molecule has 118 valence electrons. The van der Waals surface area contributed by atoms with Crippen molar-refractivity contribution in [3.63, 3.8) is 0 Å². The third-order valence-electron chi connectivity index (χ3n) is 3.71. The first-order valence-corrected chi connectivity index (χ1v) is 6.79. The number of hydrogen-bond acceptors (Lipinski definition) is 6. The number of aliphatic carboxylic acids is 2. The molecule has 2 aromatic rings. The number of carboxylic acid groups (broad SMARTS) is 2. The summed E-state index contributed by atoms with van der Waals surface area (Å²) in [7, 11) is 0. The minimum Gasteiger partial charge on any atom is -0.548 e. The maximum absolute atomic E-state index is 11.3. The normalized spacial score (nSPS) is 14.7. The molecule has 0 saturated carbocycles. The number of hydrogen-bond donors (Lipinski definition) is 3. The van der Waals surface area contributed by atoms with E-state index >= 15 is 0 Å². The Morgan fingerprint density at radius 3 is 2.57 bits per heavy atom. The van der Waals surface area contributed by atoms with Crippen LogP contribution in [0.2, 0.25) is 0 Å². The van der Waals surface area contributed by atoms with Gasteiger partial charge in [0.25, 0.3) is 0 Å². The Kier molecular flexibility index (Phi) is 6.57. The SMILES string of the molecule is NC(CC[C@@](O)(Cc1c[nH]c2ccccc12)C(=O)[O-])C(=O)[O-].[Mg+2]. The minimum atomic E-state index is -2.20. The Morgan fingerprint density at radius 1 is 1.30 bits per heavy atom. The molecule has 0 radical (unpaired) electrons. The number of aromatic amines is 1. The van der Waals surface area contributed by atoms with E-state index < -0.39 is 23.6 Å². The number of para-hydroxylation sites is 1. The van der Waals surface area contributed by atoms with Gasteiger partial charge in [0.2, 0.25) is 0 Å². The maximum Gasteiger partial charge on any atom is 2.00 e. The summed E-state index contributed by atoms with van der Waals surface area (Å²) in [6.07, 6.45) is 0.829. The van der Waals surface area contributed by atoms with Gasteiger partial charge in [-0.25, -0.2) is 0 Å². The molecule has 0 amide bonds. The Hall–Kier alpha value is -1.61. The molecule has 1 aromatic carbocycles. The van der Waals surface area contributed by atoms with Gasteiger partial charge >= 0.3 is 23.1 Å². The van der Waals surface area contributed by atoms with Crippen LogP contribution in [-0.4, -0.2) is 56.7 Å². The molecule has 8 heteroatoms. The van der Waals surface area contributed by atoms with Gasteiger partial charge in [-0.1, -0.05) is 18.2 Å². The number of fused-ring (bicyclic) bond motifs is 1. The van der Waals surface area contributed by atoms with Gasteiger partial charge in [-0.3, -0.25) is 0 Å². The van der Waals surface area contributed by atoms with Crippen molar-refractivity contribution in [2.75, 3.05) is 0 Å². The fraction of sp³-hybridized carbons (Fsp3) is 0.333. The molecule has 1 unspecified atom stereocenters. The quantitative estimate of drug-likeness (QED) is 0.486. The molecule has 4 N–H and O–H groups in total. The second-order valence-electron chi connectivity index (χ2n) is 5.32. The number of nitrogens with two attached hydrogens (primary N) is 1. The summed E-state index contributed by atoms with van der Waals surface area (Å²) < 4.78 is 0. The van der Waals surface area contributed by atoms with Crippen molar-refractivity contribution in [1.29, 1.82) is 0 Å². The average molecular weight is 329 g/mol. The van der Waals surface area contributed by atoms with E-state index in [0.717, 1.165) is 10.9 Å². The van der Waals surface area contributed by atoms with Crippen molar-refractivity contribution in [3.05, 3.63) is 36.0 Å². The van der Waals surface area contributed by atoms with Crippen molar-refractivity contribution in [2.24, 2.45) is 5.73 Å². The van der Waals surface area contributed by atoms with Crippen LogP contribution in [0, 0.1) is 0 Å². The van der Waals surface area contributed by atoms with Crippen LogP contribution < -0.4 is 15.9 Å². The molecule has 0 bridgehead atoms. The number of aromatic nitrogens is 1. The zero-order valence-electron chi connectivity index (χ0n) is 12.5. The third-order valence-corrected chi connectivity index (χ3v) is 3.71. The van der Waals surface area contributed by atoms with Gasteiger partial charge in [-0.2, -0.15) is 0 Å². The molecule has 1 aromatic heterocycles. The summed E-state index contributed by atoms with van der Waals surface area (Å²) in [4.78, 5) is 24.9. The standard InChI is InChI=1S/C15H18N2O5.Mg/c16-11(13(18)19)5-6-15(22,14(20)21)7-9-8-17-12-4-2-1-3-10(9)12;/h1-4,8,11,17,22H,5-7,16H2,(H,18,19)(H,20,21);/q;+2/p-2/t11?,15-;/m1./s1. The van der Waals surface area contributed by atoms with Gasteiger partial charge in [-0.15, -0.1) is 0 Å². The van der Waals surface area contributed by atoms with Gasteiger partial charge in [0.05, 0.1) is 11.9 Å². The molecule has 1 heterocycles. The predicted molar refractivity (Wildman–Crippen MR) is 79.9 cm³/mol. The Balaban J connectivity index is 0.00000264. The number of carboxylic acids is 2. The molecular weight excluding hydrogens is 312 g/mol. The molecule has 23 heavy (non-hydrogen) atoms. The van der Waals surface area contributed by atoms with Crippen LogP contribution in [0.4, 0.5) is 0 Å². The fourth-order valence-corrected chi connectivity index (χ4v) is 2.37. The molecular formula is C15H16MgN2O5. The first-order valence-electron chi connectivity index (χ1n) is 6.79. The summed E-state index contributed by atoms with van der Waals surface area (Å²) >= 11 is 0. The van der Waals surface area contributed by atoms with Gasteiger partial charge in [0.1, 0.15) is 5.60 Å². The molecule has 0 aliphatic heterocycles. The van der Waals surface area contributed by atoms with Crippen LogP contribution in [0.1, 0.15) is 18.4 Å². The van der Waals surface area contributed by atoms with Crippen molar-refractivity contribution in [3.8, 4) is 0 Å². The summed E-state index contributed by atoms with van der Waals surface area (Å²) in [6.45, 7) is 0. The van der Waals surface area contributed by atoms with Crippen LogP contribution in [0.25, 0.3) is 10.9 Å². The molecule has 0 fully saturated rings. The van der Waals surface area contributed by atoms with Gasteiger partial charge in [0.15, 0.2) is 0 Å². The summed E-state index contributed by atoms with van der Waals surface area (Å²) in [6, 6.07) is 5.90. The second kappa shape index (κ2) is 7.78. The van der Waals surface area contributed by atoms with E-state index in [0.29, 0.717) is 5.56 Å². The van der Waals surface area contributed by atoms with Gasteiger partial charge in [-0.05, 0) is 24.5 Å². The monoisotopic (exact) mass is 328 g/mol. The number of aliphatic hydroxyl groups is 1. The first-order chi connectivity index (χ1) is 10.3. The van der Waals surface area contributed by atoms with Gasteiger partial charge in [0, 0.05) is 29.6 Å². The van der Waals surface area contributed by atoms with E-state index in [-0.39, 0.29) is 42.3 Å². The molecule has 2 rings (SSSR count).